The fourth-order valence-electron chi connectivity index (χ4n) is 1.91. The Bertz CT molecular complexity index is 716. The van der Waals surface area contributed by atoms with E-state index in [1.54, 1.807) is 24.3 Å². The van der Waals surface area contributed by atoms with Crippen molar-refractivity contribution >= 4 is 40.8 Å². The average molecular weight is 338 g/mol. The third-order valence-electron chi connectivity index (χ3n) is 2.91. The molecule has 2 aromatic rings. The first-order valence-electron chi connectivity index (χ1n) is 6.42. The lowest BCUT2D eigenvalue weighted by molar-refractivity contribution is -0.115. The predicted octanol–water partition coefficient (Wildman–Crippen LogP) is 3.96. The zero-order chi connectivity index (χ0) is 16.1. The molecule has 0 radical (unpaired) electrons. The second-order valence-electron chi connectivity index (χ2n) is 4.54. The average Bonchev–Trinajstić information content (AvgIpc) is 2.48. The van der Waals surface area contributed by atoms with Crippen molar-refractivity contribution in [3.8, 4) is 0 Å². The van der Waals surface area contributed by atoms with Crippen molar-refractivity contribution < 1.29 is 14.3 Å². The van der Waals surface area contributed by atoms with Crippen molar-refractivity contribution in [1.82, 2.24) is 0 Å². The van der Waals surface area contributed by atoms with Crippen LogP contribution in [0.4, 0.5) is 5.69 Å². The van der Waals surface area contributed by atoms with Gasteiger partial charge in [0.1, 0.15) is 0 Å². The van der Waals surface area contributed by atoms with Crippen molar-refractivity contribution in [1.29, 1.82) is 0 Å². The number of methoxy groups -OCH3 is 1. The molecule has 0 spiro atoms. The Morgan fingerprint density at radius 1 is 1.14 bits per heavy atom. The van der Waals surface area contributed by atoms with Gasteiger partial charge in [0.2, 0.25) is 5.91 Å². The number of anilines is 1. The number of hydrogen-bond donors (Lipinski definition) is 1. The van der Waals surface area contributed by atoms with Gasteiger partial charge in [0, 0.05) is 10.7 Å². The van der Waals surface area contributed by atoms with Crippen LogP contribution >= 0.6 is 23.2 Å². The number of nitrogens with one attached hydrogen (secondary N) is 1. The minimum absolute atomic E-state index is 0.177. The Morgan fingerprint density at radius 3 is 2.59 bits per heavy atom. The minimum atomic E-state index is -0.559. The predicted molar refractivity (Wildman–Crippen MR) is 86.6 cm³/mol. The molecule has 0 aliphatic heterocycles. The third-order valence-corrected chi connectivity index (χ3v) is 3.47. The topological polar surface area (TPSA) is 55.4 Å². The van der Waals surface area contributed by atoms with Gasteiger partial charge in [0.15, 0.2) is 0 Å². The van der Waals surface area contributed by atoms with E-state index in [4.69, 9.17) is 23.2 Å². The summed E-state index contributed by atoms with van der Waals surface area (Å²) in [5.41, 5.74) is 1.47. The normalized spacial score (nSPS) is 10.1. The summed E-state index contributed by atoms with van der Waals surface area (Å²) < 4.78 is 4.64. The molecule has 0 unspecified atom stereocenters. The Balaban J connectivity index is 2.10. The van der Waals surface area contributed by atoms with Gasteiger partial charge in [-0.2, -0.15) is 0 Å². The summed E-state index contributed by atoms with van der Waals surface area (Å²) in [5, 5.41) is 3.55. The first kappa shape index (κ1) is 16.3. The summed E-state index contributed by atoms with van der Waals surface area (Å²) in [7, 11) is 1.27. The van der Waals surface area contributed by atoms with E-state index in [0.717, 1.165) is 5.56 Å². The van der Waals surface area contributed by atoms with Gasteiger partial charge in [-0.15, -0.1) is 0 Å². The zero-order valence-corrected chi connectivity index (χ0v) is 13.2. The number of carbonyl (C=O) groups is 2. The van der Waals surface area contributed by atoms with Crippen molar-refractivity contribution in [2.24, 2.45) is 0 Å². The Kier molecular flexibility index (Phi) is 5.41. The van der Waals surface area contributed by atoms with Gasteiger partial charge in [0.05, 0.1) is 24.1 Å². The largest absolute Gasteiger partial charge is 0.465 e. The summed E-state index contributed by atoms with van der Waals surface area (Å²) in [6, 6.07) is 11.7. The maximum absolute atomic E-state index is 12.0. The monoisotopic (exact) mass is 337 g/mol. The second kappa shape index (κ2) is 7.29. The molecular formula is C16H13Cl2NO3. The summed E-state index contributed by atoms with van der Waals surface area (Å²) in [5.74, 6) is -0.781. The van der Waals surface area contributed by atoms with Crippen LogP contribution in [-0.4, -0.2) is 19.0 Å². The molecule has 0 atom stereocenters. The molecule has 114 valence electrons. The van der Waals surface area contributed by atoms with Crippen molar-refractivity contribution in [2.45, 2.75) is 6.42 Å². The van der Waals surface area contributed by atoms with E-state index in [-0.39, 0.29) is 22.9 Å². The number of carbonyl (C=O) groups excluding carboxylic acids is 2. The highest BCUT2D eigenvalue weighted by Gasteiger charge is 2.12. The highest BCUT2D eigenvalue weighted by Crippen LogP contribution is 2.21. The highest BCUT2D eigenvalue weighted by atomic mass is 35.5. The lowest BCUT2D eigenvalue weighted by Gasteiger charge is -2.08. The van der Waals surface area contributed by atoms with Crippen LogP contribution in [0, 0.1) is 0 Å². The molecule has 0 saturated carbocycles. The molecule has 22 heavy (non-hydrogen) atoms. The van der Waals surface area contributed by atoms with Gasteiger partial charge in [0.25, 0.3) is 0 Å². The number of rotatable bonds is 4. The van der Waals surface area contributed by atoms with E-state index in [1.807, 2.05) is 6.07 Å². The highest BCUT2D eigenvalue weighted by molar-refractivity contribution is 6.33. The summed E-state index contributed by atoms with van der Waals surface area (Å²) >= 11 is 11.8. The van der Waals surface area contributed by atoms with Crippen LogP contribution in [0.15, 0.2) is 42.5 Å². The van der Waals surface area contributed by atoms with Crippen LogP contribution in [-0.2, 0) is 16.0 Å². The standard InChI is InChI=1S/C16H13Cl2NO3/c1-22-16(21)13-9-12(5-6-14(13)18)19-15(20)8-10-3-2-4-11(17)7-10/h2-7,9H,8H2,1H3,(H,19,20). The van der Waals surface area contributed by atoms with Crippen LogP contribution in [0.25, 0.3) is 0 Å². The molecule has 0 bridgehead atoms. The van der Waals surface area contributed by atoms with E-state index >= 15 is 0 Å². The Morgan fingerprint density at radius 2 is 1.91 bits per heavy atom. The van der Waals surface area contributed by atoms with Gasteiger partial charge in [-0.3, -0.25) is 4.79 Å². The Hall–Kier alpha value is -2.04. The molecule has 0 aromatic heterocycles. The van der Waals surface area contributed by atoms with Gasteiger partial charge < -0.3 is 10.1 Å². The van der Waals surface area contributed by atoms with Crippen molar-refractivity contribution in [3.05, 3.63) is 63.6 Å². The quantitative estimate of drug-likeness (QED) is 0.859. The summed E-state index contributed by atoms with van der Waals surface area (Å²) in [6.07, 6.45) is 0.177. The minimum Gasteiger partial charge on any atom is -0.465 e. The molecular weight excluding hydrogens is 325 g/mol. The molecule has 0 saturated heterocycles. The van der Waals surface area contributed by atoms with Crippen molar-refractivity contribution in [2.75, 3.05) is 12.4 Å². The maximum Gasteiger partial charge on any atom is 0.339 e. The van der Waals surface area contributed by atoms with Gasteiger partial charge in [-0.25, -0.2) is 4.79 Å². The fraction of sp³-hybridized carbons (Fsp3) is 0.125. The molecule has 4 nitrogen and oxygen atoms in total. The SMILES string of the molecule is COC(=O)c1cc(NC(=O)Cc2cccc(Cl)c2)ccc1Cl. The molecule has 6 heteroatoms. The van der Waals surface area contributed by atoms with Crippen LogP contribution in [0.2, 0.25) is 10.0 Å². The summed E-state index contributed by atoms with van der Waals surface area (Å²) in [4.78, 5) is 23.6. The number of amides is 1. The molecule has 0 fully saturated rings. The molecule has 0 heterocycles. The van der Waals surface area contributed by atoms with Gasteiger partial charge >= 0.3 is 5.97 Å². The number of halogens is 2. The number of hydrogen-bond acceptors (Lipinski definition) is 3. The number of benzene rings is 2. The fourth-order valence-corrected chi connectivity index (χ4v) is 2.31. The molecule has 1 N–H and O–H groups in total. The van der Waals surface area contributed by atoms with Gasteiger partial charge in [-0.05, 0) is 35.9 Å². The van der Waals surface area contributed by atoms with E-state index in [2.05, 4.69) is 10.1 Å². The smallest absolute Gasteiger partial charge is 0.339 e. The lowest BCUT2D eigenvalue weighted by Crippen LogP contribution is -2.15. The first-order chi connectivity index (χ1) is 10.5. The summed E-state index contributed by atoms with van der Waals surface area (Å²) in [6.45, 7) is 0. The van der Waals surface area contributed by atoms with E-state index < -0.39 is 5.97 Å². The van der Waals surface area contributed by atoms with Crippen LogP contribution in [0.3, 0.4) is 0 Å². The van der Waals surface area contributed by atoms with Crippen molar-refractivity contribution in [3.63, 3.8) is 0 Å². The van der Waals surface area contributed by atoms with E-state index in [9.17, 15) is 9.59 Å². The van der Waals surface area contributed by atoms with Crippen LogP contribution in [0.5, 0.6) is 0 Å². The first-order valence-corrected chi connectivity index (χ1v) is 7.17. The van der Waals surface area contributed by atoms with Crippen LogP contribution in [0.1, 0.15) is 15.9 Å². The number of ether oxygens (including phenoxy) is 1. The van der Waals surface area contributed by atoms with E-state index in [1.165, 1.54) is 19.2 Å². The third kappa shape index (κ3) is 4.23. The number of esters is 1. The molecule has 1 amide bonds. The second-order valence-corrected chi connectivity index (χ2v) is 5.38. The van der Waals surface area contributed by atoms with Crippen LogP contribution < -0.4 is 5.32 Å². The lowest BCUT2D eigenvalue weighted by atomic mass is 10.1. The molecule has 2 aromatic carbocycles. The molecule has 0 aliphatic carbocycles. The van der Waals surface area contributed by atoms with E-state index in [0.29, 0.717) is 10.7 Å². The van der Waals surface area contributed by atoms with Gasteiger partial charge in [-0.1, -0.05) is 35.3 Å². The molecule has 2 rings (SSSR count). The zero-order valence-electron chi connectivity index (χ0n) is 11.7. The maximum atomic E-state index is 12.0. The molecule has 0 aliphatic rings. The Labute approximate surface area is 138 Å².